The van der Waals surface area contributed by atoms with Crippen molar-refractivity contribution in [3.05, 3.63) is 29.8 Å². The number of aromatic hydroxyl groups is 1. The van der Waals surface area contributed by atoms with E-state index in [9.17, 15) is 5.11 Å². The number of hydrogen-bond acceptors (Lipinski definition) is 2. The first-order chi connectivity index (χ1) is 8.65. The van der Waals surface area contributed by atoms with Gasteiger partial charge in [-0.25, -0.2) is 0 Å². The van der Waals surface area contributed by atoms with Crippen molar-refractivity contribution < 1.29 is 5.11 Å². The number of piperidine rings is 1. The maximum atomic E-state index is 10.1. The van der Waals surface area contributed by atoms with E-state index in [1.165, 1.54) is 19.3 Å². The molecule has 100 valence electrons. The number of para-hydroxylation sites is 1. The molecule has 1 N–H and O–H groups in total. The second-order valence-electron chi connectivity index (χ2n) is 5.56. The summed E-state index contributed by atoms with van der Waals surface area (Å²) in [5.74, 6) is 0.439. The molecular formula is C16H25NO. The molecule has 2 heteroatoms. The van der Waals surface area contributed by atoms with Crippen LogP contribution in [0.5, 0.6) is 5.75 Å². The largest absolute Gasteiger partial charge is 0.508 e. The maximum Gasteiger partial charge on any atom is 0.120 e. The van der Waals surface area contributed by atoms with Crippen LogP contribution in [0.4, 0.5) is 0 Å². The maximum absolute atomic E-state index is 10.1. The fourth-order valence-corrected chi connectivity index (χ4v) is 3.42. The van der Waals surface area contributed by atoms with Crippen molar-refractivity contribution in [1.29, 1.82) is 0 Å². The molecule has 1 unspecified atom stereocenters. The van der Waals surface area contributed by atoms with Gasteiger partial charge in [-0.15, -0.1) is 0 Å². The van der Waals surface area contributed by atoms with Crippen LogP contribution in [0.15, 0.2) is 24.3 Å². The van der Waals surface area contributed by atoms with Gasteiger partial charge < -0.3 is 5.11 Å². The number of phenols is 1. The molecule has 2 rings (SSSR count). The van der Waals surface area contributed by atoms with Crippen molar-refractivity contribution in [3.63, 3.8) is 0 Å². The monoisotopic (exact) mass is 247 g/mol. The number of nitrogens with zero attached hydrogens (tertiary/aromatic N) is 1. The van der Waals surface area contributed by atoms with Gasteiger partial charge in [0.05, 0.1) is 0 Å². The van der Waals surface area contributed by atoms with Crippen molar-refractivity contribution in [2.75, 3.05) is 0 Å². The molecule has 18 heavy (non-hydrogen) atoms. The third-order valence-electron chi connectivity index (χ3n) is 4.30. The van der Waals surface area contributed by atoms with Crippen molar-refractivity contribution in [3.8, 4) is 5.75 Å². The van der Waals surface area contributed by atoms with Crippen LogP contribution in [0.2, 0.25) is 0 Å². The summed E-state index contributed by atoms with van der Waals surface area (Å²) in [6, 6.07) is 9.36. The fourth-order valence-electron chi connectivity index (χ4n) is 3.42. The van der Waals surface area contributed by atoms with Gasteiger partial charge in [-0.1, -0.05) is 31.5 Å². The molecule has 1 fully saturated rings. The van der Waals surface area contributed by atoms with Crippen LogP contribution in [0, 0.1) is 0 Å². The number of phenolic OH excluding ortho intramolecular Hbond substituents is 1. The Balaban J connectivity index is 2.30. The van der Waals surface area contributed by atoms with E-state index in [1.54, 1.807) is 6.07 Å². The van der Waals surface area contributed by atoms with Crippen LogP contribution in [0.25, 0.3) is 0 Å². The van der Waals surface area contributed by atoms with E-state index in [0.717, 1.165) is 12.0 Å². The van der Waals surface area contributed by atoms with Gasteiger partial charge >= 0.3 is 0 Å². The standard InChI is InChI=1S/C16H25NO/c1-4-15(14-10-5-6-11-16(14)18)17-12(2)8-7-9-13(17)3/h5-6,10-13,15,18H,4,7-9H2,1-3H3/t12-,13+,15?. The Labute approximate surface area is 111 Å². The normalized spacial score (nSPS) is 27.1. The van der Waals surface area contributed by atoms with Crippen LogP contribution < -0.4 is 0 Å². The molecule has 0 bridgehead atoms. The van der Waals surface area contributed by atoms with E-state index in [0.29, 0.717) is 23.9 Å². The molecule has 2 nitrogen and oxygen atoms in total. The minimum absolute atomic E-state index is 0.344. The van der Waals surface area contributed by atoms with E-state index in [2.05, 4.69) is 31.7 Å². The summed E-state index contributed by atoms with van der Waals surface area (Å²) in [6.07, 6.45) is 4.92. The number of benzene rings is 1. The molecule has 1 aromatic rings. The summed E-state index contributed by atoms with van der Waals surface area (Å²) in [5, 5.41) is 10.1. The molecule has 0 radical (unpaired) electrons. The van der Waals surface area contributed by atoms with Crippen LogP contribution in [0.3, 0.4) is 0 Å². The first-order valence-electron chi connectivity index (χ1n) is 7.20. The summed E-state index contributed by atoms with van der Waals surface area (Å²) in [6.45, 7) is 6.85. The van der Waals surface area contributed by atoms with E-state index in [1.807, 2.05) is 12.1 Å². The highest BCUT2D eigenvalue weighted by atomic mass is 16.3. The molecule has 0 amide bonds. The Bertz CT molecular complexity index is 380. The summed E-state index contributed by atoms with van der Waals surface area (Å²) < 4.78 is 0. The van der Waals surface area contributed by atoms with Gasteiger partial charge in [0.1, 0.15) is 5.75 Å². The Morgan fingerprint density at radius 2 is 1.83 bits per heavy atom. The van der Waals surface area contributed by atoms with Gasteiger partial charge in [-0.2, -0.15) is 0 Å². The third-order valence-corrected chi connectivity index (χ3v) is 4.30. The Morgan fingerprint density at radius 1 is 1.22 bits per heavy atom. The highest BCUT2D eigenvalue weighted by molar-refractivity contribution is 5.34. The molecule has 1 aliphatic heterocycles. The average Bonchev–Trinajstić information content (AvgIpc) is 2.35. The van der Waals surface area contributed by atoms with E-state index in [-0.39, 0.29) is 0 Å². The minimum Gasteiger partial charge on any atom is -0.508 e. The number of rotatable bonds is 3. The summed E-state index contributed by atoms with van der Waals surface area (Å²) in [5.41, 5.74) is 1.08. The van der Waals surface area contributed by atoms with E-state index >= 15 is 0 Å². The molecule has 1 aromatic carbocycles. The quantitative estimate of drug-likeness (QED) is 0.869. The van der Waals surface area contributed by atoms with Crippen LogP contribution in [0.1, 0.15) is 58.1 Å². The molecule has 3 atom stereocenters. The second-order valence-corrected chi connectivity index (χ2v) is 5.56. The predicted octanol–water partition coefficient (Wildman–Crippen LogP) is 4.11. The van der Waals surface area contributed by atoms with Gasteiger partial charge in [-0.3, -0.25) is 4.90 Å². The highest BCUT2D eigenvalue weighted by Crippen LogP contribution is 2.37. The molecule has 0 aliphatic carbocycles. The van der Waals surface area contributed by atoms with Crippen LogP contribution in [-0.4, -0.2) is 22.1 Å². The predicted molar refractivity (Wildman–Crippen MR) is 75.8 cm³/mol. The SMILES string of the molecule is CCC(c1ccccc1O)N1[C@H](C)CCC[C@@H]1C. The molecule has 1 saturated heterocycles. The average molecular weight is 247 g/mol. The van der Waals surface area contributed by atoms with Crippen molar-refractivity contribution >= 4 is 0 Å². The lowest BCUT2D eigenvalue weighted by Crippen LogP contribution is -2.45. The molecule has 0 aromatic heterocycles. The second kappa shape index (κ2) is 5.75. The zero-order chi connectivity index (χ0) is 13.1. The molecule has 1 heterocycles. The Morgan fingerprint density at radius 3 is 2.39 bits per heavy atom. The first-order valence-corrected chi connectivity index (χ1v) is 7.20. The Kier molecular flexibility index (Phi) is 4.28. The van der Waals surface area contributed by atoms with E-state index in [4.69, 9.17) is 0 Å². The van der Waals surface area contributed by atoms with Crippen LogP contribution >= 0.6 is 0 Å². The summed E-state index contributed by atoms with van der Waals surface area (Å²) in [7, 11) is 0. The molecule has 1 aliphatic rings. The molecular weight excluding hydrogens is 222 g/mol. The summed E-state index contributed by atoms with van der Waals surface area (Å²) >= 11 is 0. The first kappa shape index (κ1) is 13.4. The number of hydrogen-bond donors (Lipinski definition) is 1. The summed E-state index contributed by atoms with van der Waals surface area (Å²) in [4.78, 5) is 2.60. The van der Waals surface area contributed by atoms with Crippen LogP contribution in [-0.2, 0) is 0 Å². The number of likely N-dealkylation sites (tertiary alicyclic amines) is 1. The lowest BCUT2D eigenvalue weighted by molar-refractivity contribution is 0.0511. The zero-order valence-corrected chi connectivity index (χ0v) is 11.8. The zero-order valence-electron chi connectivity index (χ0n) is 11.8. The molecule has 0 spiro atoms. The highest BCUT2D eigenvalue weighted by Gasteiger charge is 2.31. The van der Waals surface area contributed by atoms with E-state index < -0.39 is 0 Å². The third kappa shape index (κ3) is 2.54. The fraction of sp³-hybridized carbons (Fsp3) is 0.625. The van der Waals surface area contributed by atoms with Crippen molar-refractivity contribution in [1.82, 2.24) is 4.90 Å². The lowest BCUT2D eigenvalue weighted by atomic mass is 9.91. The van der Waals surface area contributed by atoms with Gasteiger partial charge in [0, 0.05) is 23.7 Å². The van der Waals surface area contributed by atoms with Gasteiger partial charge in [0.25, 0.3) is 0 Å². The Hall–Kier alpha value is -1.02. The molecule has 0 saturated carbocycles. The minimum atomic E-state index is 0.344. The van der Waals surface area contributed by atoms with Crippen molar-refractivity contribution in [2.45, 2.75) is 64.6 Å². The van der Waals surface area contributed by atoms with Gasteiger partial charge in [-0.05, 0) is 39.2 Å². The topological polar surface area (TPSA) is 23.5 Å². The lowest BCUT2D eigenvalue weighted by Gasteiger charge is -2.44. The van der Waals surface area contributed by atoms with Gasteiger partial charge in [0.15, 0.2) is 0 Å². The van der Waals surface area contributed by atoms with Crippen molar-refractivity contribution in [2.24, 2.45) is 0 Å². The van der Waals surface area contributed by atoms with Gasteiger partial charge in [0.2, 0.25) is 0 Å². The smallest absolute Gasteiger partial charge is 0.120 e.